The van der Waals surface area contributed by atoms with Gasteiger partial charge in [-0.15, -0.1) is 0 Å². The molecule has 4 atom stereocenters. The monoisotopic (exact) mass is 339 g/mol. The van der Waals surface area contributed by atoms with E-state index < -0.39 is 23.5 Å². The normalized spacial score (nSPS) is 29.1. The van der Waals surface area contributed by atoms with Crippen LogP contribution in [0.4, 0.5) is 0 Å². The molecule has 2 aromatic carbocycles. The zero-order valence-corrected chi connectivity index (χ0v) is 14.0. The minimum Gasteiger partial charge on any atom is -0.389 e. The Morgan fingerprint density at radius 2 is 1.68 bits per heavy atom. The smallest absolute Gasteiger partial charge is 0.220 e. The predicted octanol–water partition coefficient (Wildman–Crippen LogP) is 3.46. The van der Waals surface area contributed by atoms with Gasteiger partial charge in [0.15, 0.2) is 5.78 Å². The van der Waals surface area contributed by atoms with E-state index in [1.165, 1.54) is 0 Å². The Hall–Kier alpha value is -2.53. The van der Waals surface area contributed by atoms with Gasteiger partial charge in [0.05, 0.1) is 17.4 Å². The molecule has 0 unspecified atom stereocenters. The molecule has 5 heteroatoms. The Morgan fingerprint density at radius 3 is 2.24 bits per heavy atom. The molecule has 0 radical (unpaired) electrons. The molecule has 0 saturated heterocycles. The maximum absolute atomic E-state index is 13.2. The average molecular weight is 339 g/mol. The number of ketones is 1. The lowest BCUT2D eigenvalue weighted by atomic mass is 9.63. The SMILES string of the molecule is C[C@@]1(O)CC[C@H]([N+](=O)[O-])[C@@H](c2ccccc2)[C@@H]1C(=O)c1ccccc1. The second-order valence-corrected chi connectivity index (χ2v) is 6.89. The third kappa shape index (κ3) is 3.33. The van der Waals surface area contributed by atoms with Gasteiger partial charge < -0.3 is 5.11 Å². The molecule has 0 spiro atoms. The molecule has 0 bridgehead atoms. The van der Waals surface area contributed by atoms with Gasteiger partial charge in [-0.25, -0.2) is 0 Å². The molecular weight excluding hydrogens is 318 g/mol. The molecule has 0 amide bonds. The van der Waals surface area contributed by atoms with Crippen molar-refractivity contribution >= 4 is 5.78 Å². The van der Waals surface area contributed by atoms with Gasteiger partial charge in [0.1, 0.15) is 0 Å². The van der Waals surface area contributed by atoms with Crippen LogP contribution in [0.3, 0.4) is 0 Å². The molecule has 1 aliphatic carbocycles. The summed E-state index contributed by atoms with van der Waals surface area (Å²) in [7, 11) is 0. The molecule has 1 N–H and O–H groups in total. The second-order valence-electron chi connectivity index (χ2n) is 6.89. The summed E-state index contributed by atoms with van der Waals surface area (Å²) in [6.07, 6.45) is 0.476. The summed E-state index contributed by atoms with van der Waals surface area (Å²) in [4.78, 5) is 24.5. The first-order valence-electron chi connectivity index (χ1n) is 8.42. The molecule has 0 aromatic heterocycles. The maximum atomic E-state index is 13.2. The van der Waals surface area contributed by atoms with Crippen molar-refractivity contribution < 1.29 is 14.8 Å². The average Bonchev–Trinajstić information content (AvgIpc) is 2.61. The number of rotatable bonds is 4. The highest BCUT2D eigenvalue weighted by molar-refractivity contribution is 5.99. The van der Waals surface area contributed by atoms with Gasteiger partial charge in [-0.1, -0.05) is 60.7 Å². The zero-order valence-electron chi connectivity index (χ0n) is 14.0. The first-order chi connectivity index (χ1) is 11.9. The number of nitro groups is 1. The third-order valence-corrected chi connectivity index (χ3v) is 5.19. The Bertz CT molecular complexity index is 758. The van der Waals surface area contributed by atoms with Crippen LogP contribution >= 0.6 is 0 Å². The van der Waals surface area contributed by atoms with E-state index in [-0.39, 0.29) is 23.5 Å². The summed E-state index contributed by atoms with van der Waals surface area (Å²) in [5.74, 6) is -1.76. The molecule has 0 aliphatic heterocycles. The highest BCUT2D eigenvalue weighted by Gasteiger charge is 2.54. The van der Waals surface area contributed by atoms with Crippen molar-refractivity contribution in [3.63, 3.8) is 0 Å². The van der Waals surface area contributed by atoms with Crippen LogP contribution in [0, 0.1) is 16.0 Å². The van der Waals surface area contributed by atoms with Gasteiger partial charge in [0, 0.05) is 16.9 Å². The summed E-state index contributed by atoms with van der Waals surface area (Å²) in [6, 6.07) is 16.9. The van der Waals surface area contributed by atoms with Crippen molar-refractivity contribution in [3.8, 4) is 0 Å². The lowest BCUT2D eigenvalue weighted by molar-refractivity contribution is -0.533. The molecule has 1 saturated carbocycles. The first-order valence-corrected chi connectivity index (χ1v) is 8.42. The summed E-state index contributed by atoms with van der Waals surface area (Å²) < 4.78 is 0. The van der Waals surface area contributed by atoms with Crippen LogP contribution in [0.25, 0.3) is 0 Å². The van der Waals surface area contributed by atoms with Crippen LogP contribution in [-0.4, -0.2) is 27.5 Å². The molecule has 130 valence electrons. The summed E-state index contributed by atoms with van der Waals surface area (Å²) in [5, 5.41) is 22.6. The quantitative estimate of drug-likeness (QED) is 0.525. The van der Waals surface area contributed by atoms with E-state index in [9.17, 15) is 20.0 Å². The molecule has 2 aromatic rings. The van der Waals surface area contributed by atoms with Crippen LogP contribution in [0.15, 0.2) is 60.7 Å². The zero-order chi connectivity index (χ0) is 18.0. The lowest BCUT2D eigenvalue weighted by Gasteiger charge is -2.42. The summed E-state index contributed by atoms with van der Waals surface area (Å²) in [5.41, 5.74) is -0.101. The number of hydrogen-bond donors (Lipinski definition) is 1. The van der Waals surface area contributed by atoms with E-state index in [1.807, 2.05) is 12.1 Å². The van der Waals surface area contributed by atoms with Gasteiger partial charge in [-0.3, -0.25) is 14.9 Å². The third-order valence-electron chi connectivity index (χ3n) is 5.19. The van der Waals surface area contributed by atoms with E-state index >= 15 is 0 Å². The van der Waals surface area contributed by atoms with Crippen LogP contribution < -0.4 is 0 Å². The van der Waals surface area contributed by atoms with Crippen molar-refractivity contribution in [2.45, 2.75) is 37.3 Å². The maximum Gasteiger partial charge on any atom is 0.220 e. The molecule has 3 rings (SSSR count). The van der Waals surface area contributed by atoms with Crippen molar-refractivity contribution in [2.24, 2.45) is 5.92 Å². The number of carbonyl (C=O) groups excluding carboxylic acids is 1. The van der Waals surface area contributed by atoms with E-state index in [4.69, 9.17) is 0 Å². The Morgan fingerprint density at radius 1 is 1.12 bits per heavy atom. The molecular formula is C20H21NO4. The lowest BCUT2D eigenvalue weighted by Crippen LogP contribution is -2.52. The van der Waals surface area contributed by atoms with E-state index in [0.717, 1.165) is 5.56 Å². The number of benzene rings is 2. The molecule has 5 nitrogen and oxygen atoms in total. The fourth-order valence-electron chi connectivity index (χ4n) is 3.94. The molecule has 0 heterocycles. The molecule has 25 heavy (non-hydrogen) atoms. The van der Waals surface area contributed by atoms with Crippen molar-refractivity contribution in [1.82, 2.24) is 0 Å². The van der Waals surface area contributed by atoms with Crippen LogP contribution in [-0.2, 0) is 0 Å². The topological polar surface area (TPSA) is 80.4 Å². The second kappa shape index (κ2) is 6.76. The molecule has 1 fully saturated rings. The van der Waals surface area contributed by atoms with Gasteiger partial charge in [0.25, 0.3) is 0 Å². The van der Waals surface area contributed by atoms with E-state index in [1.54, 1.807) is 55.5 Å². The number of carbonyl (C=O) groups is 1. The number of hydrogen-bond acceptors (Lipinski definition) is 4. The van der Waals surface area contributed by atoms with Gasteiger partial charge >= 0.3 is 0 Å². The highest BCUT2D eigenvalue weighted by atomic mass is 16.6. The highest BCUT2D eigenvalue weighted by Crippen LogP contribution is 2.46. The fraction of sp³-hybridized carbons (Fsp3) is 0.350. The number of aliphatic hydroxyl groups is 1. The van der Waals surface area contributed by atoms with Gasteiger partial charge in [-0.2, -0.15) is 0 Å². The van der Waals surface area contributed by atoms with Crippen LogP contribution in [0.2, 0.25) is 0 Å². The van der Waals surface area contributed by atoms with Gasteiger partial charge in [0.2, 0.25) is 6.04 Å². The van der Waals surface area contributed by atoms with E-state index in [0.29, 0.717) is 5.56 Å². The number of nitrogens with zero attached hydrogens (tertiary/aromatic N) is 1. The summed E-state index contributed by atoms with van der Waals surface area (Å²) >= 11 is 0. The van der Waals surface area contributed by atoms with Crippen molar-refractivity contribution in [2.75, 3.05) is 0 Å². The van der Waals surface area contributed by atoms with E-state index in [2.05, 4.69) is 0 Å². The van der Waals surface area contributed by atoms with Crippen molar-refractivity contribution in [3.05, 3.63) is 81.9 Å². The summed E-state index contributed by atoms with van der Waals surface area (Å²) in [6.45, 7) is 1.62. The first kappa shape index (κ1) is 17.3. The van der Waals surface area contributed by atoms with Crippen molar-refractivity contribution in [1.29, 1.82) is 0 Å². The minimum atomic E-state index is -1.29. The number of Topliss-reactive ketones (excluding diaryl/α,β-unsaturated/α-hetero) is 1. The Labute approximate surface area is 146 Å². The van der Waals surface area contributed by atoms with Crippen LogP contribution in [0.5, 0.6) is 0 Å². The molecule has 1 aliphatic rings. The van der Waals surface area contributed by atoms with Crippen LogP contribution in [0.1, 0.15) is 41.6 Å². The fourth-order valence-corrected chi connectivity index (χ4v) is 3.94. The standard InChI is InChI=1S/C20H21NO4/c1-20(23)13-12-16(21(24)25)17(14-8-4-2-5-9-14)18(20)19(22)15-10-6-3-7-11-15/h2-11,16-18,23H,12-13H2,1H3/t16-,17+,18+,20+/m0/s1. The van der Waals surface area contributed by atoms with Gasteiger partial charge in [-0.05, 0) is 18.9 Å². The minimum absolute atomic E-state index is 0.227. The predicted molar refractivity (Wildman–Crippen MR) is 94.1 cm³/mol. The Kier molecular flexibility index (Phi) is 4.68. The largest absolute Gasteiger partial charge is 0.389 e. The Balaban J connectivity index is 2.11.